The van der Waals surface area contributed by atoms with E-state index in [4.69, 9.17) is 10.5 Å². The van der Waals surface area contributed by atoms with Crippen LogP contribution < -0.4 is 16.0 Å². The zero-order valence-electron chi connectivity index (χ0n) is 21.2. The van der Waals surface area contributed by atoms with E-state index < -0.39 is 0 Å². The lowest BCUT2D eigenvalue weighted by atomic mass is 10.0. The Morgan fingerprint density at radius 1 is 1.13 bits per heavy atom. The van der Waals surface area contributed by atoms with Crippen LogP contribution in [0.5, 0.6) is 0 Å². The average Bonchev–Trinajstić information content (AvgIpc) is 3.35. The molecule has 5 N–H and O–H groups in total. The Morgan fingerprint density at radius 3 is 2.79 bits per heavy atom. The Labute approximate surface area is 221 Å². The monoisotopic (exact) mass is 516 g/mol. The molecule has 198 valence electrons. The van der Waals surface area contributed by atoms with Crippen molar-refractivity contribution in [2.45, 2.75) is 32.0 Å². The minimum absolute atomic E-state index is 0.169. The van der Waals surface area contributed by atoms with Crippen LogP contribution in [0.15, 0.2) is 61.1 Å². The Bertz CT molecular complexity index is 1380. The molecule has 1 fully saturated rings. The van der Waals surface area contributed by atoms with Crippen LogP contribution in [0.2, 0.25) is 0 Å². The van der Waals surface area contributed by atoms with E-state index in [0.29, 0.717) is 30.5 Å². The summed E-state index contributed by atoms with van der Waals surface area (Å²) in [4.78, 5) is 6.97. The first-order chi connectivity index (χ1) is 18.6. The van der Waals surface area contributed by atoms with Gasteiger partial charge in [-0.2, -0.15) is 5.10 Å². The Morgan fingerprint density at radius 2 is 2.00 bits per heavy atom. The fourth-order valence-electron chi connectivity index (χ4n) is 4.94. The quantitative estimate of drug-likeness (QED) is 0.193. The summed E-state index contributed by atoms with van der Waals surface area (Å²) in [7, 11) is 0. The topological polar surface area (TPSA) is 114 Å². The maximum Gasteiger partial charge on any atom is 0.158 e. The van der Waals surface area contributed by atoms with Crippen LogP contribution >= 0.6 is 0 Å². The zero-order chi connectivity index (χ0) is 26.3. The van der Waals surface area contributed by atoms with Gasteiger partial charge in [-0.1, -0.05) is 12.1 Å². The second kappa shape index (κ2) is 12.1. The van der Waals surface area contributed by atoms with Crippen LogP contribution in [0.1, 0.15) is 29.5 Å². The molecule has 0 spiro atoms. The normalized spacial score (nSPS) is 14.6. The Kier molecular flexibility index (Phi) is 8.22. The van der Waals surface area contributed by atoms with Crippen LogP contribution in [0.4, 0.5) is 21.6 Å². The summed E-state index contributed by atoms with van der Waals surface area (Å²) >= 11 is 0. The van der Waals surface area contributed by atoms with Crippen molar-refractivity contribution in [1.82, 2.24) is 24.8 Å². The highest BCUT2D eigenvalue weighted by atomic mass is 19.1. The van der Waals surface area contributed by atoms with Crippen molar-refractivity contribution in [3.05, 3.63) is 83.6 Å². The third-order valence-corrected chi connectivity index (χ3v) is 6.91. The number of fused-ring (bicyclic) bond motifs is 1. The summed E-state index contributed by atoms with van der Waals surface area (Å²) < 4.78 is 15.3. The highest BCUT2D eigenvalue weighted by molar-refractivity contribution is 5.88. The van der Waals surface area contributed by atoms with Gasteiger partial charge >= 0.3 is 0 Å². The van der Waals surface area contributed by atoms with Crippen molar-refractivity contribution >= 4 is 28.9 Å². The highest BCUT2D eigenvalue weighted by Crippen LogP contribution is 2.27. The van der Waals surface area contributed by atoms with Gasteiger partial charge in [0.25, 0.3) is 0 Å². The van der Waals surface area contributed by atoms with E-state index >= 15 is 0 Å². The molecular weight excluding hydrogens is 483 g/mol. The van der Waals surface area contributed by atoms with Gasteiger partial charge in [0.1, 0.15) is 17.7 Å². The maximum absolute atomic E-state index is 13.5. The smallest absolute Gasteiger partial charge is 0.158 e. The largest absolute Gasteiger partial charge is 0.395 e. The van der Waals surface area contributed by atoms with E-state index in [1.54, 1.807) is 6.07 Å². The van der Waals surface area contributed by atoms with E-state index in [9.17, 15) is 4.39 Å². The first-order valence-corrected chi connectivity index (χ1v) is 12.9. The third-order valence-electron chi connectivity index (χ3n) is 6.91. The predicted octanol–water partition coefficient (Wildman–Crippen LogP) is 3.77. The van der Waals surface area contributed by atoms with Gasteiger partial charge in [-0.05, 0) is 73.5 Å². The molecule has 10 heteroatoms. The van der Waals surface area contributed by atoms with E-state index in [2.05, 4.69) is 37.0 Å². The zero-order valence-corrected chi connectivity index (χ0v) is 21.2. The molecule has 0 saturated carbocycles. The third kappa shape index (κ3) is 6.16. The molecule has 1 saturated heterocycles. The molecule has 9 nitrogen and oxygen atoms in total. The average molecular weight is 517 g/mol. The predicted molar refractivity (Wildman–Crippen MR) is 148 cm³/mol. The number of piperidine rings is 1. The molecule has 5 rings (SSSR count). The number of hydrogen-bond donors (Lipinski definition) is 5. The van der Waals surface area contributed by atoms with E-state index in [0.717, 1.165) is 60.5 Å². The standard InChI is InChI=1S/C28H33FN8O/c29-23-3-1-2-20(14-23)17-32-26-5-4-25(15-22(26)16-30)35-28-27-21(6-12-37(27)34-19-33-28)18-36-10-7-24(8-11-36)31-9-13-38/h1-6,12,14-16,19,24,30-32,38H,7-11,13,17-18H2,(H,33,34,35). The molecule has 3 heterocycles. The second-order valence-corrected chi connectivity index (χ2v) is 9.53. The van der Waals surface area contributed by atoms with Crippen LogP contribution in [0, 0.1) is 11.2 Å². The lowest BCUT2D eigenvalue weighted by molar-refractivity contribution is 0.185. The molecule has 0 aliphatic carbocycles. The van der Waals surface area contributed by atoms with E-state index in [1.807, 2.05) is 35.0 Å². The summed E-state index contributed by atoms with van der Waals surface area (Å²) in [5.74, 6) is 0.437. The minimum atomic E-state index is -0.267. The fraction of sp³-hybridized carbons (Fsp3) is 0.321. The Hall–Kier alpha value is -3.86. The summed E-state index contributed by atoms with van der Waals surface area (Å²) in [6, 6.07) is 14.8. The Balaban J connectivity index is 1.29. The number of benzene rings is 2. The van der Waals surface area contributed by atoms with E-state index in [-0.39, 0.29) is 12.4 Å². The number of likely N-dealkylation sites (tertiary alicyclic amines) is 1. The van der Waals surface area contributed by atoms with Gasteiger partial charge in [-0.15, -0.1) is 0 Å². The summed E-state index contributed by atoms with van der Waals surface area (Å²) in [5.41, 5.74) is 5.22. The van der Waals surface area contributed by atoms with Gasteiger partial charge in [0.05, 0.1) is 6.61 Å². The lowest BCUT2D eigenvalue weighted by Gasteiger charge is -2.32. The molecule has 2 aromatic heterocycles. The van der Waals surface area contributed by atoms with Crippen LogP contribution in [0.3, 0.4) is 0 Å². The van der Waals surface area contributed by atoms with Crippen molar-refractivity contribution < 1.29 is 9.50 Å². The van der Waals surface area contributed by atoms with Gasteiger partial charge in [0, 0.05) is 55.0 Å². The fourth-order valence-corrected chi connectivity index (χ4v) is 4.94. The van der Waals surface area contributed by atoms with Crippen molar-refractivity contribution in [1.29, 1.82) is 5.41 Å². The lowest BCUT2D eigenvalue weighted by Crippen LogP contribution is -2.42. The number of rotatable bonds is 11. The summed E-state index contributed by atoms with van der Waals surface area (Å²) in [5, 5.41) is 31.5. The van der Waals surface area contributed by atoms with Crippen LogP contribution in [-0.2, 0) is 13.1 Å². The number of aliphatic hydroxyl groups is 1. The summed E-state index contributed by atoms with van der Waals surface area (Å²) in [6.07, 6.45) is 6.90. The molecule has 0 radical (unpaired) electrons. The molecule has 0 bridgehead atoms. The molecule has 38 heavy (non-hydrogen) atoms. The molecule has 0 atom stereocenters. The molecule has 0 amide bonds. The number of nitrogens with zero attached hydrogens (tertiary/aromatic N) is 4. The van der Waals surface area contributed by atoms with Gasteiger partial charge < -0.3 is 26.5 Å². The molecule has 4 aromatic rings. The molecule has 1 aliphatic rings. The number of aliphatic hydroxyl groups excluding tert-OH is 1. The maximum atomic E-state index is 13.5. The van der Waals surface area contributed by atoms with Crippen molar-refractivity contribution in [2.75, 3.05) is 36.9 Å². The van der Waals surface area contributed by atoms with Gasteiger partial charge in [-0.3, -0.25) is 4.90 Å². The van der Waals surface area contributed by atoms with Crippen molar-refractivity contribution in [3.63, 3.8) is 0 Å². The van der Waals surface area contributed by atoms with Gasteiger partial charge in [0.15, 0.2) is 5.82 Å². The number of nitrogens with one attached hydrogen (secondary N) is 4. The SMILES string of the molecule is N=Cc1cc(Nc2ncnn3ccc(CN4CCC(NCCO)CC4)c23)ccc1NCc1cccc(F)c1. The second-order valence-electron chi connectivity index (χ2n) is 9.53. The number of hydrogen-bond acceptors (Lipinski definition) is 8. The highest BCUT2D eigenvalue weighted by Gasteiger charge is 2.20. The van der Waals surface area contributed by atoms with Crippen molar-refractivity contribution in [2.24, 2.45) is 0 Å². The van der Waals surface area contributed by atoms with Crippen LogP contribution in [0.25, 0.3) is 5.52 Å². The van der Waals surface area contributed by atoms with Crippen molar-refractivity contribution in [3.8, 4) is 0 Å². The first kappa shape index (κ1) is 25.8. The first-order valence-electron chi connectivity index (χ1n) is 12.9. The van der Waals surface area contributed by atoms with Crippen LogP contribution in [-0.4, -0.2) is 63.1 Å². The summed E-state index contributed by atoms with van der Waals surface area (Å²) in [6.45, 7) is 4.06. The molecular formula is C28H33FN8O. The number of aromatic nitrogens is 3. The van der Waals surface area contributed by atoms with Gasteiger partial charge in [-0.25, -0.2) is 13.9 Å². The van der Waals surface area contributed by atoms with Gasteiger partial charge in [0.2, 0.25) is 0 Å². The number of anilines is 3. The number of halogens is 1. The molecule has 0 unspecified atom stereocenters. The van der Waals surface area contributed by atoms with E-state index in [1.165, 1.54) is 24.7 Å². The minimum Gasteiger partial charge on any atom is -0.395 e. The molecule has 2 aromatic carbocycles. The molecule has 1 aliphatic heterocycles.